The van der Waals surface area contributed by atoms with Gasteiger partial charge in [-0.2, -0.15) is 0 Å². The van der Waals surface area contributed by atoms with Crippen molar-refractivity contribution in [3.63, 3.8) is 0 Å². The first-order chi connectivity index (χ1) is 12.3. The predicted molar refractivity (Wildman–Crippen MR) is 101 cm³/mol. The van der Waals surface area contributed by atoms with Crippen molar-refractivity contribution < 1.29 is 4.79 Å². The van der Waals surface area contributed by atoms with Crippen LogP contribution in [0.3, 0.4) is 0 Å². The molecule has 1 N–H and O–H groups in total. The van der Waals surface area contributed by atoms with E-state index in [1.54, 1.807) is 6.07 Å². The summed E-state index contributed by atoms with van der Waals surface area (Å²) in [6.45, 7) is 9.65. The average molecular weight is 358 g/mol. The summed E-state index contributed by atoms with van der Waals surface area (Å²) in [6, 6.07) is 1.72. The van der Waals surface area contributed by atoms with Gasteiger partial charge in [-0.25, -0.2) is 9.78 Å². The van der Waals surface area contributed by atoms with Crippen molar-refractivity contribution in [1.29, 1.82) is 0 Å². The van der Waals surface area contributed by atoms with Crippen LogP contribution in [-0.4, -0.2) is 38.4 Å². The first-order valence-electron chi connectivity index (χ1n) is 9.30. The second kappa shape index (κ2) is 7.05. The molecule has 1 unspecified atom stereocenters. The van der Waals surface area contributed by atoms with Crippen LogP contribution in [0.2, 0.25) is 0 Å². The van der Waals surface area contributed by atoms with Crippen LogP contribution in [0.15, 0.2) is 15.7 Å². The number of H-pyrrole nitrogens is 1. The zero-order valence-electron chi connectivity index (χ0n) is 15.8. The van der Waals surface area contributed by atoms with Crippen LogP contribution in [0.1, 0.15) is 62.5 Å². The fourth-order valence-corrected chi connectivity index (χ4v) is 3.60. The quantitative estimate of drug-likeness (QED) is 0.910. The number of aromatic amines is 1. The van der Waals surface area contributed by atoms with Crippen LogP contribution < -0.4 is 11.2 Å². The number of rotatable bonds is 3. The van der Waals surface area contributed by atoms with Gasteiger partial charge < -0.3 is 4.90 Å². The fourth-order valence-electron chi connectivity index (χ4n) is 3.60. The lowest BCUT2D eigenvalue weighted by Gasteiger charge is -2.31. The first-order valence-corrected chi connectivity index (χ1v) is 9.30. The molecule has 1 aliphatic rings. The van der Waals surface area contributed by atoms with E-state index in [9.17, 15) is 14.4 Å². The van der Waals surface area contributed by atoms with Crippen molar-refractivity contribution in [1.82, 2.24) is 19.4 Å². The lowest BCUT2D eigenvalue weighted by atomic mass is 9.98. The third-order valence-electron chi connectivity index (χ3n) is 5.05. The van der Waals surface area contributed by atoms with Gasteiger partial charge in [-0.15, -0.1) is 0 Å². The van der Waals surface area contributed by atoms with Gasteiger partial charge in [-0.3, -0.25) is 19.1 Å². The molecule has 7 nitrogen and oxygen atoms in total. The molecule has 2 aromatic heterocycles. The molecule has 0 aromatic carbocycles. The van der Waals surface area contributed by atoms with E-state index in [1.807, 2.05) is 25.7 Å². The number of fused-ring (bicyclic) bond motifs is 1. The van der Waals surface area contributed by atoms with E-state index in [0.29, 0.717) is 42.5 Å². The minimum absolute atomic E-state index is 0.0749. The molecule has 7 heteroatoms. The molecule has 2 aromatic rings. The predicted octanol–water partition coefficient (Wildman–Crippen LogP) is 2.10. The van der Waals surface area contributed by atoms with Crippen LogP contribution in [0.4, 0.5) is 0 Å². The van der Waals surface area contributed by atoms with Gasteiger partial charge >= 0.3 is 5.69 Å². The molecule has 0 spiro atoms. The highest BCUT2D eigenvalue weighted by Crippen LogP contribution is 2.23. The van der Waals surface area contributed by atoms with Gasteiger partial charge in [0.1, 0.15) is 0 Å². The standard InChI is InChI=1S/C19H26N4O3/c1-5-23-16-15(17(24)21-19(23)26)13(9-14(20-16)11(2)3)18(25)22-8-6-7-12(4)10-22/h9,11-12H,5-8,10H2,1-4H3,(H,21,24,26). The van der Waals surface area contributed by atoms with Gasteiger partial charge in [0, 0.05) is 25.3 Å². The van der Waals surface area contributed by atoms with Crippen molar-refractivity contribution in [2.75, 3.05) is 13.1 Å². The van der Waals surface area contributed by atoms with Crippen molar-refractivity contribution in [2.24, 2.45) is 5.92 Å². The second-order valence-electron chi connectivity index (χ2n) is 7.45. The number of hydrogen-bond donors (Lipinski definition) is 1. The Morgan fingerprint density at radius 2 is 2.12 bits per heavy atom. The fraction of sp³-hybridized carbons (Fsp3) is 0.579. The van der Waals surface area contributed by atoms with Gasteiger partial charge in [0.15, 0.2) is 5.65 Å². The summed E-state index contributed by atoms with van der Waals surface area (Å²) in [5, 5.41) is 0.207. The summed E-state index contributed by atoms with van der Waals surface area (Å²) in [6.07, 6.45) is 2.07. The number of nitrogens with zero attached hydrogens (tertiary/aromatic N) is 3. The molecule has 3 rings (SSSR count). The van der Waals surface area contributed by atoms with Crippen LogP contribution in [-0.2, 0) is 6.54 Å². The monoisotopic (exact) mass is 358 g/mol. The number of aryl methyl sites for hydroxylation is 1. The molecule has 0 radical (unpaired) electrons. The zero-order chi connectivity index (χ0) is 19.0. The summed E-state index contributed by atoms with van der Waals surface area (Å²) >= 11 is 0. The third kappa shape index (κ3) is 3.18. The number of amides is 1. The molecule has 0 saturated carbocycles. The van der Waals surface area contributed by atoms with E-state index in [0.717, 1.165) is 12.8 Å². The third-order valence-corrected chi connectivity index (χ3v) is 5.05. The number of hydrogen-bond acceptors (Lipinski definition) is 4. The molecule has 1 aliphatic heterocycles. The summed E-state index contributed by atoms with van der Waals surface area (Å²) in [7, 11) is 0. The summed E-state index contributed by atoms with van der Waals surface area (Å²) in [4.78, 5) is 46.6. The zero-order valence-corrected chi connectivity index (χ0v) is 15.8. The highest BCUT2D eigenvalue weighted by Gasteiger charge is 2.26. The molecular formula is C19H26N4O3. The minimum Gasteiger partial charge on any atom is -0.338 e. The van der Waals surface area contributed by atoms with E-state index < -0.39 is 11.2 Å². The Balaban J connectivity index is 2.28. The van der Waals surface area contributed by atoms with Gasteiger partial charge in [0.2, 0.25) is 0 Å². The largest absolute Gasteiger partial charge is 0.338 e. The van der Waals surface area contributed by atoms with Gasteiger partial charge in [-0.05, 0) is 37.7 Å². The Morgan fingerprint density at radius 1 is 1.38 bits per heavy atom. The molecule has 1 amide bonds. The smallest absolute Gasteiger partial charge is 0.329 e. The summed E-state index contributed by atoms with van der Waals surface area (Å²) in [5.74, 6) is 0.362. The van der Waals surface area contributed by atoms with E-state index >= 15 is 0 Å². The highest BCUT2D eigenvalue weighted by atomic mass is 16.2. The van der Waals surface area contributed by atoms with Crippen LogP contribution in [0.5, 0.6) is 0 Å². The minimum atomic E-state index is -0.550. The van der Waals surface area contributed by atoms with Crippen molar-refractivity contribution in [2.45, 2.75) is 53.0 Å². The Kier molecular flexibility index (Phi) is 4.98. The van der Waals surface area contributed by atoms with Gasteiger partial charge in [-0.1, -0.05) is 20.8 Å². The number of nitrogens with one attached hydrogen (secondary N) is 1. The molecule has 26 heavy (non-hydrogen) atoms. The number of carbonyl (C=O) groups excluding carboxylic acids is 1. The Hall–Kier alpha value is -2.44. The average Bonchev–Trinajstić information content (AvgIpc) is 2.60. The Bertz CT molecular complexity index is 958. The normalized spacial score (nSPS) is 17.9. The maximum absolute atomic E-state index is 13.2. The Labute approximate surface area is 152 Å². The molecule has 0 bridgehead atoms. The van der Waals surface area contributed by atoms with Crippen molar-refractivity contribution >= 4 is 16.9 Å². The number of aromatic nitrogens is 3. The molecule has 1 fully saturated rings. The maximum Gasteiger partial charge on any atom is 0.329 e. The molecule has 140 valence electrons. The van der Waals surface area contributed by atoms with Crippen LogP contribution in [0, 0.1) is 5.92 Å². The number of piperidine rings is 1. The van der Waals surface area contributed by atoms with E-state index in [4.69, 9.17) is 0 Å². The van der Waals surface area contributed by atoms with E-state index in [-0.39, 0.29) is 17.2 Å². The second-order valence-corrected chi connectivity index (χ2v) is 7.45. The summed E-state index contributed by atoms with van der Waals surface area (Å²) in [5.41, 5.74) is 0.296. The molecule has 1 atom stereocenters. The summed E-state index contributed by atoms with van der Waals surface area (Å²) < 4.78 is 1.41. The maximum atomic E-state index is 13.2. The lowest BCUT2D eigenvalue weighted by molar-refractivity contribution is 0.0684. The molecule has 3 heterocycles. The van der Waals surface area contributed by atoms with Crippen molar-refractivity contribution in [3.05, 3.63) is 38.2 Å². The number of likely N-dealkylation sites (tertiary alicyclic amines) is 1. The molecular weight excluding hydrogens is 332 g/mol. The Morgan fingerprint density at radius 3 is 2.73 bits per heavy atom. The topological polar surface area (TPSA) is 88.1 Å². The van der Waals surface area contributed by atoms with E-state index in [2.05, 4.69) is 16.9 Å². The van der Waals surface area contributed by atoms with Crippen LogP contribution in [0.25, 0.3) is 11.0 Å². The SMILES string of the molecule is CCn1c(=O)[nH]c(=O)c2c(C(=O)N3CCCC(C)C3)cc(C(C)C)nc21. The van der Waals surface area contributed by atoms with Crippen molar-refractivity contribution in [3.8, 4) is 0 Å². The van der Waals surface area contributed by atoms with Gasteiger partial charge in [0.25, 0.3) is 11.5 Å². The van der Waals surface area contributed by atoms with Crippen LogP contribution >= 0.6 is 0 Å². The molecule has 1 saturated heterocycles. The number of carbonyl (C=O) groups is 1. The van der Waals surface area contributed by atoms with Gasteiger partial charge in [0.05, 0.1) is 10.9 Å². The van der Waals surface area contributed by atoms with E-state index in [1.165, 1.54) is 4.57 Å². The lowest BCUT2D eigenvalue weighted by Crippen LogP contribution is -2.40. The molecule has 0 aliphatic carbocycles. The first kappa shape index (κ1) is 18.4. The highest BCUT2D eigenvalue weighted by molar-refractivity contribution is 6.05. The number of pyridine rings is 1.